The quantitative estimate of drug-likeness (QED) is 0.758. The number of morpholine rings is 1. The lowest BCUT2D eigenvalue weighted by Crippen LogP contribution is -2.55. The summed E-state index contributed by atoms with van der Waals surface area (Å²) in [6.07, 6.45) is 1.85. The summed E-state index contributed by atoms with van der Waals surface area (Å²) in [5.74, 6) is 0.411. The normalized spacial score (nSPS) is 22.1. The Hall–Kier alpha value is -1.92. The van der Waals surface area contributed by atoms with Crippen molar-refractivity contribution in [2.24, 2.45) is 0 Å². The van der Waals surface area contributed by atoms with Crippen molar-refractivity contribution in [2.45, 2.75) is 44.4 Å². The van der Waals surface area contributed by atoms with Crippen LogP contribution >= 0.6 is 0 Å². The fourth-order valence-corrected chi connectivity index (χ4v) is 4.55. The van der Waals surface area contributed by atoms with E-state index in [0.29, 0.717) is 45.9 Å². The van der Waals surface area contributed by atoms with Crippen molar-refractivity contribution in [3.63, 3.8) is 0 Å². The van der Waals surface area contributed by atoms with Gasteiger partial charge in [-0.15, -0.1) is 0 Å². The molecule has 1 aliphatic carbocycles. The summed E-state index contributed by atoms with van der Waals surface area (Å²) in [5.41, 5.74) is 2.22. The van der Waals surface area contributed by atoms with Crippen LogP contribution in [0.1, 0.15) is 44.7 Å². The minimum Gasteiger partial charge on any atom is -0.379 e. The van der Waals surface area contributed by atoms with E-state index < -0.39 is 0 Å². The predicted octanol–water partition coefficient (Wildman–Crippen LogP) is 2.02. The molecule has 2 aliphatic heterocycles. The summed E-state index contributed by atoms with van der Waals surface area (Å²) in [5, 5.41) is 0. The van der Waals surface area contributed by atoms with Crippen molar-refractivity contribution in [1.82, 2.24) is 14.7 Å². The second kappa shape index (κ2) is 8.31. The fourth-order valence-electron chi connectivity index (χ4n) is 4.55. The number of ether oxygens (including phenoxy) is 1. The van der Waals surface area contributed by atoms with Crippen LogP contribution in [0, 0.1) is 0 Å². The Morgan fingerprint density at radius 3 is 2.00 bits per heavy atom. The number of piperazine rings is 1. The molecular weight excluding hydrogens is 378 g/mol. The first-order chi connectivity index (χ1) is 14.3. The number of benzene rings is 1. The Morgan fingerprint density at radius 1 is 0.900 bits per heavy atom. The van der Waals surface area contributed by atoms with E-state index in [0.717, 1.165) is 31.5 Å². The number of carbonyl (C=O) groups is 2. The van der Waals surface area contributed by atoms with Gasteiger partial charge < -0.3 is 14.5 Å². The molecule has 0 bridgehead atoms. The van der Waals surface area contributed by atoms with Gasteiger partial charge in [-0.25, -0.2) is 0 Å². The largest absolute Gasteiger partial charge is 0.379 e. The van der Waals surface area contributed by atoms with Crippen LogP contribution in [0.3, 0.4) is 0 Å². The van der Waals surface area contributed by atoms with Gasteiger partial charge in [0.25, 0.3) is 0 Å². The molecule has 30 heavy (non-hydrogen) atoms. The van der Waals surface area contributed by atoms with Gasteiger partial charge in [-0.05, 0) is 29.4 Å². The highest BCUT2D eigenvalue weighted by molar-refractivity contribution is 5.91. The molecular formula is C24H35N3O3. The smallest absolute Gasteiger partial charge is 0.236 e. The molecule has 0 aromatic heterocycles. The highest BCUT2D eigenvalue weighted by atomic mass is 16.5. The molecule has 1 aromatic rings. The Morgan fingerprint density at radius 2 is 1.47 bits per heavy atom. The Kier molecular flexibility index (Phi) is 5.90. The van der Waals surface area contributed by atoms with Gasteiger partial charge in [0.15, 0.2) is 0 Å². The third-order valence-electron chi connectivity index (χ3n) is 6.85. The first-order valence-electron chi connectivity index (χ1n) is 11.3. The molecule has 1 aromatic carbocycles. The minimum absolute atomic E-state index is 0.114. The fraction of sp³-hybridized carbons (Fsp3) is 0.667. The van der Waals surface area contributed by atoms with Crippen molar-refractivity contribution >= 4 is 11.8 Å². The molecule has 4 rings (SSSR count). The maximum atomic E-state index is 13.4. The zero-order chi connectivity index (χ0) is 21.4. The van der Waals surface area contributed by atoms with Gasteiger partial charge in [0, 0.05) is 39.3 Å². The highest BCUT2D eigenvalue weighted by Crippen LogP contribution is 2.50. The van der Waals surface area contributed by atoms with Crippen molar-refractivity contribution in [2.75, 3.05) is 59.0 Å². The summed E-state index contributed by atoms with van der Waals surface area (Å²) in [6, 6.07) is 8.64. The first kappa shape index (κ1) is 21.3. The number of amides is 2. The van der Waals surface area contributed by atoms with E-state index in [2.05, 4.69) is 49.9 Å². The zero-order valence-corrected chi connectivity index (χ0v) is 18.7. The van der Waals surface area contributed by atoms with Crippen molar-refractivity contribution in [3.05, 3.63) is 35.4 Å². The van der Waals surface area contributed by atoms with Gasteiger partial charge in [0.1, 0.15) is 0 Å². The van der Waals surface area contributed by atoms with Gasteiger partial charge in [-0.1, -0.05) is 45.0 Å². The second-order valence-electron chi connectivity index (χ2n) is 9.97. The third kappa shape index (κ3) is 4.40. The number of rotatable bonds is 4. The topological polar surface area (TPSA) is 53.1 Å². The monoisotopic (exact) mass is 413 g/mol. The molecule has 3 fully saturated rings. The summed E-state index contributed by atoms with van der Waals surface area (Å²) >= 11 is 0. The Bertz CT molecular complexity index is 766. The lowest BCUT2D eigenvalue weighted by Gasteiger charge is -2.38. The second-order valence-corrected chi connectivity index (χ2v) is 9.97. The number of hydrogen-bond donors (Lipinski definition) is 0. The summed E-state index contributed by atoms with van der Waals surface area (Å²) in [7, 11) is 0. The minimum atomic E-state index is -0.337. The molecule has 2 saturated heterocycles. The molecule has 3 aliphatic rings. The molecule has 6 nitrogen and oxygen atoms in total. The average Bonchev–Trinajstić information content (AvgIpc) is 3.56. The summed E-state index contributed by atoms with van der Waals surface area (Å²) in [6.45, 7) is 12.7. The first-order valence-corrected chi connectivity index (χ1v) is 11.3. The molecule has 2 amide bonds. The van der Waals surface area contributed by atoms with Gasteiger partial charge in [-0.3, -0.25) is 14.5 Å². The van der Waals surface area contributed by atoms with E-state index in [1.54, 1.807) is 0 Å². The number of carbonyl (C=O) groups excluding carboxylic acids is 2. The van der Waals surface area contributed by atoms with Crippen molar-refractivity contribution in [1.29, 1.82) is 0 Å². The SMILES string of the molecule is CC(C)(C)c1ccc(C2(C(=O)N3CCN(C(=O)CN4CCOCC4)CC3)CC2)cc1. The van der Waals surface area contributed by atoms with E-state index in [4.69, 9.17) is 4.74 Å². The predicted molar refractivity (Wildman–Crippen MR) is 116 cm³/mol. The van der Waals surface area contributed by atoms with E-state index in [-0.39, 0.29) is 22.6 Å². The zero-order valence-electron chi connectivity index (χ0n) is 18.7. The van der Waals surface area contributed by atoms with Gasteiger partial charge in [0.2, 0.25) is 11.8 Å². The molecule has 0 unspecified atom stereocenters. The lowest BCUT2D eigenvalue weighted by molar-refractivity contribution is -0.142. The molecule has 0 radical (unpaired) electrons. The molecule has 6 heteroatoms. The molecule has 164 valence electrons. The van der Waals surface area contributed by atoms with Crippen LogP contribution in [0.15, 0.2) is 24.3 Å². The molecule has 0 N–H and O–H groups in total. The molecule has 1 saturated carbocycles. The van der Waals surface area contributed by atoms with Crippen LogP contribution in [-0.4, -0.2) is 85.5 Å². The maximum Gasteiger partial charge on any atom is 0.236 e. The van der Waals surface area contributed by atoms with Crippen LogP contribution in [0.4, 0.5) is 0 Å². The highest BCUT2D eigenvalue weighted by Gasteiger charge is 2.53. The summed E-state index contributed by atoms with van der Waals surface area (Å²) in [4.78, 5) is 32.0. The standard InChI is InChI=1S/C24H35N3O3/c1-23(2,3)19-4-6-20(7-5-19)24(8-9-24)22(29)27-12-10-26(11-13-27)21(28)18-25-14-16-30-17-15-25/h4-7H,8-18H2,1-3H3. The van der Waals surface area contributed by atoms with Gasteiger partial charge in [0.05, 0.1) is 25.2 Å². The number of hydrogen-bond acceptors (Lipinski definition) is 4. The van der Waals surface area contributed by atoms with Crippen LogP contribution in [0.25, 0.3) is 0 Å². The van der Waals surface area contributed by atoms with E-state index in [9.17, 15) is 9.59 Å². The van der Waals surface area contributed by atoms with Crippen LogP contribution in [-0.2, 0) is 25.2 Å². The molecule has 2 heterocycles. The molecule has 0 spiro atoms. The maximum absolute atomic E-state index is 13.4. The van der Waals surface area contributed by atoms with Crippen LogP contribution in [0.2, 0.25) is 0 Å². The molecule has 0 atom stereocenters. The lowest BCUT2D eigenvalue weighted by atomic mass is 9.84. The van der Waals surface area contributed by atoms with E-state index in [1.165, 1.54) is 5.56 Å². The Labute approximate surface area is 180 Å². The van der Waals surface area contributed by atoms with Gasteiger partial charge in [-0.2, -0.15) is 0 Å². The summed E-state index contributed by atoms with van der Waals surface area (Å²) < 4.78 is 5.35. The number of nitrogens with zero attached hydrogens (tertiary/aromatic N) is 3. The van der Waals surface area contributed by atoms with Crippen LogP contribution < -0.4 is 0 Å². The van der Waals surface area contributed by atoms with Crippen molar-refractivity contribution in [3.8, 4) is 0 Å². The Balaban J connectivity index is 1.33. The van der Waals surface area contributed by atoms with Gasteiger partial charge >= 0.3 is 0 Å². The van der Waals surface area contributed by atoms with E-state index >= 15 is 0 Å². The van der Waals surface area contributed by atoms with Crippen LogP contribution in [0.5, 0.6) is 0 Å². The van der Waals surface area contributed by atoms with E-state index in [1.807, 2.05) is 9.80 Å². The van der Waals surface area contributed by atoms with Crippen molar-refractivity contribution < 1.29 is 14.3 Å². The third-order valence-corrected chi connectivity index (χ3v) is 6.85. The average molecular weight is 414 g/mol.